The normalized spacial score (nSPS) is 13.3. The smallest absolute Gasteiger partial charge is 0.161 e. The Morgan fingerprint density at radius 3 is 1.89 bits per heavy atom. The lowest BCUT2D eigenvalue weighted by atomic mass is 9.80. The first-order chi connectivity index (χ1) is 27.5. The number of rotatable bonds is 3. The van der Waals surface area contributed by atoms with Crippen molar-refractivity contribution in [1.82, 2.24) is 14.5 Å². The van der Waals surface area contributed by atoms with E-state index >= 15 is 0 Å². The Kier molecular flexibility index (Phi) is 6.40. The molecule has 9 aromatic carbocycles. The van der Waals surface area contributed by atoms with Crippen LogP contribution in [0.3, 0.4) is 0 Å². The Morgan fingerprint density at radius 2 is 1.07 bits per heavy atom. The molecule has 0 unspecified atom stereocenters. The molecule has 56 heavy (non-hydrogen) atoms. The standard InChI is InChI=1S/C53H35N3/c1-53(2)45-31-48-44(30-43(45)40-26-24-32-14-6-8-18-35(32)49(40)53)39-22-12-13-23-46(39)56(48)47-29-28-41(37-20-10-11-21-38(37)47)52-54-50(34-16-4-3-5-17-34)42-27-25-33-15-7-9-19-36(33)51(42)55-52/h3-31H,1-2H3. The number of benzene rings is 9. The van der Waals surface area contributed by atoms with Crippen molar-refractivity contribution in [2.45, 2.75) is 19.3 Å². The highest BCUT2D eigenvalue weighted by Crippen LogP contribution is 2.53. The molecule has 3 nitrogen and oxygen atoms in total. The zero-order valence-corrected chi connectivity index (χ0v) is 31.1. The molecule has 0 N–H and O–H groups in total. The Morgan fingerprint density at radius 1 is 0.429 bits per heavy atom. The minimum atomic E-state index is -0.166. The summed E-state index contributed by atoms with van der Waals surface area (Å²) in [6.45, 7) is 4.78. The summed E-state index contributed by atoms with van der Waals surface area (Å²) in [5.41, 5.74) is 12.9. The van der Waals surface area contributed by atoms with Crippen LogP contribution in [0.4, 0.5) is 0 Å². The molecule has 2 aromatic heterocycles. The zero-order chi connectivity index (χ0) is 37.1. The molecule has 3 heteroatoms. The fourth-order valence-electron chi connectivity index (χ4n) is 9.79. The summed E-state index contributed by atoms with van der Waals surface area (Å²) in [5.74, 6) is 0.724. The summed E-state index contributed by atoms with van der Waals surface area (Å²) in [7, 11) is 0. The van der Waals surface area contributed by atoms with E-state index in [1.54, 1.807) is 0 Å². The van der Waals surface area contributed by atoms with Crippen LogP contribution in [0, 0.1) is 0 Å². The fraction of sp³-hybridized carbons (Fsp3) is 0.0566. The predicted molar refractivity (Wildman–Crippen MR) is 235 cm³/mol. The van der Waals surface area contributed by atoms with Gasteiger partial charge in [-0.1, -0.05) is 153 Å². The van der Waals surface area contributed by atoms with E-state index in [2.05, 4.69) is 194 Å². The molecule has 0 atom stereocenters. The second kappa shape index (κ2) is 11.5. The van der Waals surface area contributed by atoms with E-state index in [4.69, 9.17) is 9.97 Å². The maximum atomic E-state index is 5.38. The first-order valence-corrected chi connectivity index (χ1v) is 19.4. The van der Waals surface area contributed by atoms with Gasteiger partial charge < -0.3 is 4.57 Å². The Balaban J connectivity index is 1.12. The second-order valence-electron chi connectivity index (χ2n) is 15.7. The highest BCUT2D eigenvalue weighted by Gasteiger charge is 2.38. The van der Waals surface area contributed by atoms with Gasteiger partial charge in [-0.25, -0.2) is 9.97 Å². The van der Waals surface area contributed by atoms with E-state index in [1.807, 2.05) is 0 Å². The molecule has 0 spiro atoms. The first-order valence-electron chi connectivity index (χ1n) is 19.4. The topological polar surface area (TPSA) is 30.7 Å². The molecule has 1 aliphatic carbocycles. The lowest BCUT2D eigenvalue weighted by Gasteiger charge is -2.23. The van der Waals surface area contributed by atoms with Crippen molar-refractivity contribution in [2.75, 3.05) is 0 Å². The van der Waals surface area contributed by atoms with Gasteiger partial charge in [0.15, 0.2) is 5.82 Å². The average Bonchev–Trinajstić information content (AvgIpc) is 3.69. The number of para-hydroxylation sites is 1. The van der Waals surface area contributed by atoms with E-state index in [9.17, 15) is 0 Å². The summed E-state index contributed by atoms with van der Waals surface area (Å²) >= 11 is 0. The molecule has 0 saturated heterocycles. The average molecular weight is 714 g/mol. The third-order valence-corrected chi connectivity index (χ3v) is 12.4. The maximum Gasteiger partial charge on any atom is 0.161 e. The summed E-state index contributed by atoms with van der Waals surface area (Å²) in [5, 5.41) is 10.8. The van der Waals surface area contributed by atoms with Crippen molar-refractivity contribution < 1.29 is 0 Å². The van der Waals surface area contributed by atoms with Gasteiger partial charge in [0.05, 0.1) is 27.9 Å². The monoisotopic (exact) mass is 713 g/mol. The molecule has 1 aliphatic rings. The quantitative estimate of drug-likeness (QED) is 0.171. The minimum Gasteiger partial charge on any atom is -0.309 e. The Hall–Kier alpha value is -7.10. The third kappa shape index (κ3) is 4.28. The van der Waals surface area contributed by atoms with Gasteiger partial charge in [-0.3, -0.25) is 0 Å². The second-order valence-corrected chi connectivity index (χ2v) is 15.7. The number of nitrogens with zero attached hydrogens (tertiary/aromatic N) is 3. The van der Waals surface area contributed by atoms with Gasteiger partial charge in [0.25, 0.3) is 0 Å². The number of hydrogen-bond donors (Lipinski definition) is 0. The number of fused-ring (bicyclic) bond motifs is 12. The van der Waals surface area contributed by atoms with Crippen LogP contribution in [0.15, 0.2) is 176 Å². The Bertz CT molecular complexity index is 3440. The number of hydrogen-bond acceptors (Lipinski definition) is 2. The number of aromatic nitrogens is 3. The van der Waals surface area contributed by atoms with Gasteiger partial charge >= 0.3 is 0 Å². The predicted octanol–water partition coefficient (Wildman–Crippen LogP) is 13.8. The largest absolute Gasteiger partial charge is 0.309 e. The van der Waals surface area contributed by atoms with E-state index in [0.29, 0.717) is 0 Å². The van der Waals surface area contributed by atoms with E-state index in [1.165, 1.54) is 60.2 Å². The maximum absolute atomic E-state index is 5.38. The minimum absolute atomic E-state index is 0.166. The van der Waals surface area contributed by atoms with Crippen LogP contribution < -0.4 is 0 Å². The molecule has 0 amide bonds. The summed E-state index contributed by atoms with van der Waals surface area (Å²) in [6, 6.07) is 63.9. The van der Waals surface area contributed by atoms with Crippen molar-refractivity contribution in [1.29, 1.82) is 0 Å². The van der Waals surface area contributed by atoms with Crippen molar-refractivity contribution >= 4 is 65.0 Å². The van der Waals surface area contributed by atoms with Gasteiger partial charge in [-0.15, -0.1) is 0 Å². The van der Waals surface area contributed by atoms with E-state index < -0.39 is 0 Å². The zero-order valence-electron chi connectivity index (χ0n) is 31.1. The highest BCUT2D eigenvalue weighted by molar-refractivity contribution is 6.15. The molecule has 12 rings (SSSR count). The first kappa shape index (κ1) is 31.3. The lowest BCUT2D eigenvalue weighted by Crippen LogP contribution is -2.15. The lowest BCUT2D eigenvalue weighted by molar-refractivity contribution is 0.667. The van der Waals surface area contributed by atoms with Crippen molar-refractivity contribution in [2.24, 2.45) is 0 Å². The molecular formula is C53H35N3. The van der Waals surface area contributed by atoms with Gasteiger partial charge in [-0.05, 0) is 80.2 Å². The fourth-order valence-corrected chi connectivity index (χ4v) is 9.79. The summed E-state index contributed by atoms with van der Waals surface area (Å²) in [6.07, 6.45) is 0. The van der Waals surface area contributed by atoms with Crippen LogP contribution in [0.5, 0.6) is 0 Å². The van der Waals surface area contributed by atoms with Gasteiger partial charge in [0.2, 0.25) is 0 Å². The van der Waals surface area contributed by atoms with Crippen molar-refractivity contribution in [3.63, 3.8) is 0 Å². The van der Waals surface area contributed by atoms with Crippen LogP contribution in [0.25, 0.3) is 104 Å². The van der Waals surface area contributed by atoms with Crippen LogP contribution in [0.2, 0.25) is 0 Å². The summed E-state index contributed by atoms with van der Waals surface area (Å²) < 4.78 is 2.48. The molecule has 0 fully saturated rings. The van der Waals surface area contributed by atoms with Gasteiger partial charge in [0.1, 0.15) is 0 Å². The van der Waals surface area contributed by atoms with Crippen LogP contribution in [-0.4, -0.2) is 14.5 Å². The van der Waals surface area contributed by atoms with E-state index in [0.717, 1.165) is 55.4 Å². The van der Waals surface area contributed by atoms with Crippen molar-refractivity contribution in [3.05, 3.63) is 187 Å². The third-order valence-electron chi connectivity index (χ3n) is 12.4. The SMILES string of the molecule is CC1(C)c2cc3c(cc2-c2ccc4ccccc4c21)c1ccccc1n3-c1ccc(-c2nc(-c3ccccc3)c3ccc4ccccc4c3n2)c2ccccc12. The molecule has 0 bridgehead atoms. The highest BCUT2D eigenvalue weighted by atomic mass is 15.0. The molecule has 11 aromatic rings. The van der Waals surface area contributed by atoms with E-state index in [-0.39, 0.29) is 5.41 Å². The van der Waals surface area contributed by atoms with Gasteiger partial charge in [-0.2, -0.15) is 0 Å². The molecule has 2 heterocycles. The van der Waals surface area contributed by atoms with Crippen molar-refractivity contribution in [3.8, 4) is 39.5 Å². The molecule has 0 aliphatic heterocycles. The van der Waals surface area contributed by atoms with Crippen LogP contribution >= 0.6 is 0 Å². The molecule has 262 valence electrons. The van der Waals surface area contributed by atoms with Crippen LogP contribution in [-0.2, 0) is 5.41 Å². The Labute approximate surface area is 324 Å². The molecular weight excluding hydrogens is 679 g/mol. The summed E-state index contributed by atoms with van der Waals surface area (Å²) in [4.78, 5) is 10.8. The van der Waals surface area contributed by atoms with Gasteiger partial charge in [0, 0.05) is 43.5 Å². The molecule has 0 radical (unpaired) electrons. The molecule has 0 saturated carbocycles. The van der Waals surface area contributed by atoms with Crippen LogP contribution in [0.1, 0.15) is 25.0 Å².